The molecule has 8 nitrogen and oxygen atoms in total. The minimum absolute atomic E-state index is 0.136. The molecule has 0 saturated carbocycles. The molecule has 0 N–H and O–H groups in total. The molecule has 0 radical (unpaired) electrons. The second-order valence-corrected chi connectivity index (χ2v) is 18.0. The van der Waals surface area contributed by atoms with Crippen LogP contribution in [-0.2, 0) is 26.7 Å². The maximum absolute atomic E-state index is 13.6. The lowest BCUT2D eigenvalue weighted by Gasteiger charge is -2.36. The largest absolute Gasteiger partial charge is 0.462 e. The second-order valence-electron chi connectivity index (χ2n) is 15.5. The van der Waals surface area contributed by atoms with Gasteiger partial charge in [-0.3, -0.25) is 0 Å². The molecule has 294 valence electrons. The van der Waals surface area contributed by atoms with Crippen LogP contribution in [0.5, 0.6) is 0 Å². The van der Waals surface area contributed by atoms with E-state index in [1.165, 1.54) is 10.4 Å². The molecule has 0 bridgehead atoms. The highest BCUT2D eigenvalue weighted by atomic mass is 28.3. The van der Waals surface area contributed by atoms with Crippen molar-refractivity contribution < 1.29 is 14.0 Å². The third-order valence-corrected chi connectivity index (χ3v) is 13.2. The quantitative estimate of drug-likeness (QED) is 0.0662. The van der Waals surface area contributed by atoms with Crippen molar-refractivity contribution in [3.8, 4) is 17.2 Å². The summed E-state index contributed by atoms with van der Waals surface area (Å²) in [6, 6.07) is 60.2. The zero-order chi connectivity index (χ0) is 40.8. The Morgan fingerprint density at radius 3 is 1.64 bits per heavy atom. The molecule has 0 spiro atoms. The standard InChI is InChI=1S/C50H47N5O3Si/c1-5-57-48(56)37-34-46(47-51-52-53-55(47)50(39-21-11-6-12-22-39,40-23-13-7-14-24-40)41-25-15-8-16-26-41)54(35-37)45-32-31-42(49(2,3)4)33-38(45)36-58-59(43-27-17-9-18-28-43)44-29-19-10-20-30-44/h6-35,59H,5,36H2,1-4H3. The molecule has 0 amide bonds. The molecule has 0 aliphatic heterocycles. The van der Waals surface area contributed by atoms with Crippen molar-refractivity contribution in [1.29, 1.82) is 0 Å². The zero-order valence-electron chi connectivity index (χ0n) is 33.8. The highest BCUT2D eigenvalue weighted by Crippen LogP contribution is 2.43. The van der Waals surface area contributed by atoms with Crippen LogP contribution in [0.4, 0.5) is 0 Å². The van der Waals surface area contributed by atoms with E-state index >= 15 is 0 Å². The van der Waals surface area contributed by atoms with E-state index in [4.69, 9.17) is 19.5 Å². The van der Waals surface area contributed by atoms with E-state index in [1.807, 2.05) is 95.2 Å². The third kappa shape index (κ3) is 7.82. The molecule has 0 aliphatic rings. The molecule has 0 aliphatic carbocycles. The lowest BCUT2D eigenvalue weighted by molar-refractivity contribution is 0.0526. The topological polar surface area (TPSA) is 84.1 Å². The molecule has 0 saturated heterocycles. The van der Waals surface area contributed by atoms with Gasteiger partial charge in [0, 0.05) is 11.8 Å². The Morgan fingerprint density at radius 2 is 1.15 bits per heavy atom. The van der Waals surface area contributed by atoms with Gasteiger partial charge in [0.15, 0.2) is 0 Å². The van der Waals surface area contributed by atoms with Gasteiger partial charge in [-0.1, -0.05) is 185 Å². The first-order chi connectivity index (χ1) is 28.8. The van der Waals surface area contributed by atoms with E-state index in [-0.39, 0.29) is 12.0 Å². The Balaban J connectivity index is 1.35. The summed E-state index contributed by atoms with van der Waals surface area (Å²) in [6.45, 7) is 9.01. The minimum Gasteiger partial charge on any atom is -0.462 e. The fourth-order valence-electron chi connectivity index (χ4n) is 7.85. The van der Waals surface area contributed by atoms with E-state index in [1.54, 1.807) is 0 Å². The number of carbonyl (C=O) groups excluding carboxylic acids is 1. The maximum Gasteiger partial charge on any atom is 0.339 e. The number of hydrogen-bond acceptors (Lipinski definition) is 6. The van der Waals surface area contributed by atoms with E-state index in [0.717, 1.165) is 33.5 Å². The molecule has 9 heteroatoms. The summed E-state index contributed by atoms with van der Waals surface area (Å²) in [7, 11) is -2.13. The molecule has 0 atom stereocenters. The summed E-state index contributed by atoms with van der Waals surface area (Å²) in [6.07, 6.45) is 1.83. The molecule has 6 aromatic carbocycles. The number of aromatic nitrogens is 5. The molecule has 59 heavy (non-hydrogen) atoms. The number of benzene rings is 6. The number of carbonyl (C=O) groups is 1. The van der Waals surface area contributed by atoms with Crippen LogP contribution in [0.2, 0.25) is 0 Å². The van der Waals surface area contributed by atoms with Crippen LogP contribution >= 0.6 is 0 Å². The highest BCUT2D eigenvalue weighted by Gasteiger charge is 2.42. The van der Waals surface area contributed by atoms with Crippen LogP contribution in [0.1, 0.15) is 65.9 Å². The molecule has 0 unspecified atom stereocenters. The molecule has 2 heterocycles. The summed E-state index contributed by atoms with van der Waals surface area (Å²) < 4.78 is 16.6. The van der Waals surface area contributed by atoms with Gasteiger partial charge in [-0.15, -0.1) is 5.10 Å². The molecular formula is C50H47N5O3Si. The average Bonchev–Trinajstić information content (AvgIpc) is 3.94. The van der Waals surface area contributed by atoms with Gasteiger partial charge in [-0.25, -0.2) is 9.48 Å². The van der Waals surface area contributed by atoms with E-state index in [9.17, 15) is 4.79 Å². The summed E-state index contributed by atoms with van der Waals surface area (Å²) in [5.41, 5.74) is 5.74. The first-order valence-electron chi connectivity index (χ1n) is 20.0. The number of ether oxygens (including phenoxy) is 1. The molecule has 8 aromatic rings. The highest BCUT2D eigenvalue weighted by molar-refractivity contribution is 6.80. The number of esters is 1. The summed E-state index contributed by atoms with van der Waals surface area (Å²) in [5, 5.41) is 16.4. The Hall–Kier alpha value is -6.68. The SMILES string of the molecule is CCOC(=O)c1cc(-c2nnnn2C(c2ccccc2)(c2ccccc2)c2ccccc2)n(-c2ccc(C(C)(C)C)cc2CO[SiH](c2ccccc2)c2ccccc2)c1. The summed E-state index contributed by atoms with van der Waals surface area (Å²) >= 11 is 0. The van der Waals surface area contributed by atoms with Gasteiger partial charge in [-0.2, -0.15) is 0 Å². The normalized spacial score (nSPS) is 11.8. The van der Waals surface area contributed by atoms with Crippen molar-refractivity contribution in [2.45, 2.75) is 45.3 Å². The van der Waals surface area contributed by atoms with Crippen LogP contribution in [-0.4, -0.2) is 46.4 Å². The second kappa shape index (κ2) is 17.0. The third-order valence-electron chi connectivity index (χ3n) is 10.7. The summed E-state index contributed by atoms with van der Waals surface area (Å²) in [4.78, 5) is 13.6. The first-order valence-corrected chi connectivity index (χ1v) is 21.6. The number of nitrogens with zero attached hydrogens (tertiary/aromatic N) is 5. The lowest BCUT2D eigenvalue weighted by Crippen LogP contribution is -2.44. The fraction of sp³-hybridized carbons (Fsp3) is 0.160. The van der Waals surface area contributed by atoms with Gasteiger partial charge in [0.25, 0.3) is 0 Å². The van der Waals surface area contributed by atoms with Gasteiger partial charge in [0.05, 0.1) is 30.2 Å². The molecule has 8 rings (SSSR count). The van der Waals surface area contributed by atoms with Crippen molar-refractivity contribution in [3.63, 3.8) is 0 Å². The van der Waals surface area contributed by atoms with Gasteiger partial charge in [0.2, 0.25) is 14.9 Å². The predicted molar refractivity (Wildman–Crippen MR) is 236 cm³/mol. The van der Waals surface area contributed by atoms with Crippen LogP contribution in [0, 0.1) is 0 Å². The van der Waals surface area contributed by atoms with Crippen molar-refractivity contribution >= 4 is 25.4 Å². The Labute approximate surface area is 347 Å². The van der Waals surface area contributed by atoms with Crippen LogP contribution < -0.4 is 10.4 Å². The summed E-state index contributed by atoms with van der Waals surface area (Å²) in [5.74, 6) is 0.0291. The van der Waals surface area contributed by atoms with Crippen molar-refractivity contribution in [2.24, 2.45) is 0 Å². The lowest BCUT2D eigenvalue weighted by atomic mass is 9.77. The van der Waals surface area contributed by atoms with Crippen molar-refractivity contribution in [2.75, 3.05) is 6.61 Å². The van der Waals surface area contributed by atoms with Crippen LogP contribution in [0.25, 0.3) is 17.2 Å². The van der Waals surface area contributed by atoms with Crippen LogP contribution in [0.15, 0.2) is 182 Å². The van der Waals surface area contributed by atoms with Crippen molar-refractivity contribution in [1.82, 2.24) is 24.8 Å². The average molecular weight is 794 g/mol. The monoisotopic (exact) mass is 793 g/mol. The van der Waals surface area contributed by atoms with Gasteiger partial charge >= 0.3 is 5.97 Å². The van der Waals surface area contributed by atoms with Gasteiger partial charge < -0.3 is 13.7 Å². The number of rotatable bonds is 13. The van der Waals surface area contributed by atoms with Gasteiger partial charge in [0.1, 0.15) is 5.54 Å². The zero-order valence-corrected chi connectivity index (χ0v) is 34.9. The number of hydrogen-bond donors (Lipinski definition) is 0. The maximum atomic E-state index is 13.6. The van der Waals surface area contributed by atoms with Crippen molar-refractivity contribution in [3.05, 3.63) is 216 Å². The Kier molecular flexibility index (Phi) is 11.3. The smallest absolute Gasteiger partial charge is 0.339 e. The minimum atomic E-state index is -2.13. The van der Waals surface area contributed by atoms with E-state index in [0.29, 0.717) is 23.7 Å². The number of tetrazole rings is 1. The predicted octanol–water partition coefficient (Wildman–Crippen LogP) is 8.50. The Bertz CT molecular complexity index is 2490. The van der Waals surface area contributed by atoms with Crippen LogP contribution in [0.3, 0.4) is 0 Å². The van der Waals surface area contributed by atoms with E-state index < -0.39 is 20.5 Å². The van der Waals surface area contributed by atoms with Gasteiger partial charge in [-0.05, 0) is 67.5 Å². The molecular weight excluding hydrogens is 747 g/mol. The molecule has 0 fully saturated rings. The van der Waals surface area contributed by atoms with E-state index in [2.05, 4.69) is 129 Å². The molecule has 2 aromatic heterocycles. The fourth-order valence-corrected chi connectivity index (χ4v) is 10.1. The Morgan fingerprint density at radius 1 is 0.644 bits per heavy atom. The first kappa shape index (κ1) is 39.2.